The summed E-state index contributed by atoms with van der Waals surface area (Å²) in [6.07, 6.45) is 1.91. The summed E-state index contributed by atoms with van der Waals surface area (Å²) in [6, 6.07) is 46.5. The van der Waals surface area contributed by atoms with Gasteiger partial charge in [0.25, 0.3) is 0 Å². The Morgan fingerprint density at radius 3 is 1.71 bits per heavy atom. The zero-order valence-corrected chi connectivity index (χ0v) is 23.9. The summed E-state index contributed by atoms with van der Waals surface area (Å²) in [6.45, 7) is 4.51. The van der Waals surface area contributed by atoms with Gasteiger partial charge in [0.2, 0.25) is 0 Å². The van der Waals surface area contributed by atoms with Crippen molar-refractivity contribution in [3.05, 3.63) is 145 Å². The van der Waals surface area contributed by atoms with Gasteiger partial charge in [-0.2, -0.15) is 0 Å². The maximum absolute atomic E-state index is 5.81. The number of benzene rings is 7. The highest BCUT2D eigenvalue weighted by Crippen LogP contribution is 2.44. The number of allylic oxidation sites excluding steroid dienone is 2. The average Bonchev–Trinajstić information content (AvgIpc) is 3.03. The van der Waals surface area contributed by atoms with Crippen LogP contribution in [0.4, 0.5) is 0 Å². The topological polar surface area (TPSA) is 38.4 Å². The number of rotatable bonds is 6. The highest BCUT2D eigenvalue weighted by molar-refractivity contribution is 6.28. The van der Waals surface area contributed by atoms with Gasteiger partial charge in [-0.25, -0.2) is 0 Å². The fourth-order valence-corrected chi connectivity index (χ4v) is 6.16. The van der Waals surface area contributed by atoms with Crippen molar-refractivity contribution < 1.29 is 0 Å². The summed E-state index contributed by atoms with van der Waals surface area (Å²) < 4.78 is 0. The van der Waals surface area contributed by atoms with Crippen molar-refractivity contribution in [1.29, 1.82) is 0 Å². The van der Waals surface area contributed by atoms with Crippen LogP contribution in [0, 0.1) is 0 Å². The van der Waals surface area contributed by atoms with E-state index in [1.165, 1.54) is 71.3 Å². The first-order valence-corrected chi connectivity index (χ1v) is 14.5. The van der Waals surface area contributed by atoms with Crippen LogP contribution in [-0.4, -0.2) is 5.71 Å². The van der Waals surface area contributed by atoms with Gasteiger partial charge in [-0.3, -0.25) is 4.99 Å². The SMILES string of the molecule is CC(/C=C(/C)N)=NCc1ccc(-c2cc(-c3ccc(-c4ccccc4)cc3)c3ccc4cccc5ccc2c3c54)cc1. The van der Waals surface area contributed by atoms with Crippen LogP contribution in [0.3, 0.4) is 0 Å². The van der Waals surface area contributed by atoms with Crippen LogP contribution < -0.4 is 5.73 Å². The molecule has 0 aliphatic rings. The Morgan fingerprint density at radius 1 is 0.571 bits per heavy atom. The lowest BCUT2D eigenvalue weighted by atomic mass is 9.85. The number of nitrogens with two attached hydrogens (primary N) is 1. The molecule has 7 rings (SSSR count). The molecule has 2 heteroatoms. The molecule has 42 heavy (non-hydrogen) atoms. The summed E-state index contributed by atoms with van der Waals surface area (Å²) in [4.78, 5) is 4.69. The van der Waals surface area contributed by atoms with Crippen molar-refractivity contribution in [3.63, 3.8) is 0 Å². The van der Waals surface area contributed by atoms with Gasteiger partial charge < -0.3 is 5.73 Å². The standard InChI is InChI=1S/C40H32N2/c1-26(41)23-27(2)42-25-28-11-13-31(14-12-28)37-24-38(32-17-15-30(16-18-32)29-7-4-3-5-8-29)36-22-20-34-10-6-9-33-19-21-35(37)40(36)39(33)34/h3-24H,25,41H2,1-2H3/b26-23-,42-27?. The first-order valence-electron chi connectivity index (χ1n) is 14.5. The number of aliphatic imine (C=N–C) groups is 1. The summed E-state index contributed by atoms with van der Waals surface area (Å²) in [5.41, 5.74) is 16.1. The second-order valence-electron chi connectivity index (χ2n) is 11.1. The van der Waals surface area contributed by atoms with E-state index in [9.17, 15) is 0 Å². The minimum Gasteiger partial charge on any atom is -0.402 e. The van der Waals surface area contributed by atoms with Crippen LogP contribution in [0.15, 0.2) is 144 Å². The van der Waals surface area contributed by atoms with Crippen molar-refractivity contribution in [2.75, 3.05) is 0 Å². The monoisotopic (exact) mass is 540 g/mol. The lowest BCUT2D eigenvalue weighted by molar-refractivity contribution is 1.07. The van der Waals surface area contributed by atoms with Gasteiger partial charge in [-0.05, 0) is 97.3 Å². The lowest BCUT2D eigenvalue weighted by Gasteiger charge is -2.18. The van der Waals surface area contributed by atoms with Gasteiger partial charge in [0.05, 0.1) is 6.54 Å². The maximum Gasteiger partial charge on any atom is 0.0642 e. The smallest absolute Gasteiger partial charge is 0.0642 e. The van der Waals surface area contributed by atoms with Crippen LogP contribution in [0.5, 0.6) is 0 Å². The largest absolute Gasteiger partial charge is 0.402 e. The van der Waals surface area contributed by atoms with E-state index < -0.39 is 0 Å². The molecule has 0 spiro atoms. The van der Waals surface area contributed by atoms with E-state index in [0.29, 0.717) is 6.54 Å². The summed E-state index contributed by atoms with van der Waals surface area (Å²) in [5, 5.41) is 7.79. The van der Waals surface area contributed by atoms with E-state index in [0.717, 1.165) is 11.4 Å². The molecule has 202 valence electrons. The van der Waals surface area contributed by atoms with Crippen LogP contribution in [0.25, 0.3) is 65.7 Å². The molecular formula is C40H32N2. The molecule has 0 unspecified atom stereocenters. The molecule has 0 fully saturated rings. The fourth-order valence-electron chi connectivity index (χ4n) is 6.16. The highest BCUT2D eigenvalue weighted by atomic mass is 14.7. The number of hydrogen-bond donors (Lipinski definition) is 1. The molecule has 2 N–H and O–H groups in total. The zero-order chi connectivity index (χ0) is 28.6. The highest BCUT2D eigenvalue weighted by Gasteiger charge is 2.16. The molecule has 7 aromatic rings. The molecule has 0 aromatic heterocycles. The normalized spacial score (nSPS) is 12.5. The third-order valence-electron chi connectivity index (χ3n) is 8.16. The number of nitrogens with zero attached hydrogens (tertiary/aromatic N) is 1. The quantitative estimate of drug-likeness (QED) is 0.165. The van der Waals surface area contributed by atoms with Gasteiger partial charge >= 0.3 is 0 Å². The van der Waals surface area contributed by atoms with E-state index in [1.807, 2.05) is 19.9 Å². The van der Waals surface area contributed by atoms with Gasteiger partial charge in [0, 0.05) is 11.4 Å². The Labute approximate surface area is 246 Å². The molecule has 0 saturated carbocycles. The summed E-state index contributed by atoms with van der Waals surface area (Å²) in [7, 11) is 0. The van der Waals surface area contributed by atoms with Crippen molar-refractivity contribution in [2.45, 2.75) is 20.4 Å². The fraction of sp³-hybridized carbons (Fsp3) is 0.0750. The van der Waals surface area contributed by atoms with Crippen LogP contribution in [0.2, 0.25) is 0 Å². The summed E-state index contributed by atoms with van der Waals surface area (Å²) in [5.74, 6) is 0. The second kappa shape index (κ2) is 10.6. The van der Waals surface area contributed by atoms with E-state index in [-0.39, 0.29) is 0 Å². The van der Waals surface area contributed by atoms with Crippen molar-refractivity contribution >= 4 is 38.0 Å². The predicted octanol–water partition coefficient (Wildman–Crippen LogP) is 10.4. The van der Waals surface area contributed by atoms with Crippen LogP contribution >= 0.6 is 0 Å². The van der Waals surface area contributed by atoms with E-state index in [2.05, 4.69) is 132 Å². The van der Waals surface area contributed by atoms with Crippen LogP contribution in [-0.2, 0) is 6.54 Å². The first kappa shape index (κ1) is 25.7. The molecule has 0 saturated heterocycles. The molecule has 2 nitrogen and oxygen atoms in total. The van der Waals surface area contributed by atoms with Gasteiger partial charge in [-0.15, -0.1) is 0 Å². The van der Waals surface area contributed by atoms with E-state index in [4.69, 9.17) is 5.73 Å². The molecule has 0 amide bonds. The predicted molar refractivity (Wildman–Crippen MR) is 181 cm³/mol. The third-order valence-corrected chi connectivity index (χ3v) is 8.16. The van der Waals surface area contributed by atoms with E-state index in [1.54, 1.807) is 0 Å². The Morgan fingerprint density at radius 2 is 1.12 bits per heavy atom. The minimum absolute atomic E-state index is 0.632. The minimum atomic E-state index is 0.632. The summed E-state index contributed by atoms with van der Waals surface area (Å²) >= 11 is 0. The van der Waals surface area contributed by atoms with Gasteiger partial charge in [-0.1, -0.05) is 121 Å². The molecule has 0 bridgehead atoms. The third kappa shape index (κ3) is 4.71. The molecule has 7 aromatic carbocycles. The van der Waals surface area contributed by atoms with E-state index >= 15 is 0 Å². The Bertz CT molecular complexity index is 2080. The van der Waals surface area contributed by atoms with Gasteiger partial charge in [0.15, 0.2) is 0 Å². The molecule has 0 atom stereocenters. The van der Waals surface area contributed by atoms with Gasteiger partial charge in [0.1, 0.15) is 0 Å². The van der Waals surface area contributed by atoms with Crippen molar-refractivity contribution in [2.24, 2.45) is 10.7 Å². The zero-order valence-electron chi connectivity index (χ0n) is 23.9. The number of hydrogen-bond acceptors (Lipinski definition) is 2. The molecular weight excluding hydrogens is 508 g/mol. The molecule has 0 aliphatic heterocycles. The van der Waals surface area contributed by atoms with Crippen molar-refractivity contribution in [3.8, 4) is 33.4 Å². The van der Waals surface area contributed by atoms with Crippen LogP contribution in [0.1, 0.15) is 19.4 Å². The first-order chi connectivity index (χ1) is 20.5. The Hall–Kier alpha value is -5.21. The Balaban J connectivity index is 1.39. The molecule has 0 heterocycles. The molecule has 0 aliphatic carbocycles. The van der Waals surface area contributed by atoms with Crippen molar-refractivity contribution in [1.82, 2.24) is 0 Å². The average molecular weight is 541 g/mol. The Kier molecular flexibility index (Phi) is 6.52. The maximum atomic E-state index is 5.81. The molecule has 0 radical (unpaired) electrons. The second-order valence-corrected chi connectivity index (χ2v) is 11.1. The lowest BCUT2D eigenvalue weighted by Crippen LogP contribution is -1.96.